The fourth-order valence-electron chi connectivity index (χ4n) is 2.02. The number of rotatable bonds is 3. The predicted octanol–water partition coefficient (Wildman–Crippen LogP) is 0.691. The SMILES string of the molecule is CON(C)C(=O)[C@@H](C)N1C(=O)c2ccccc2C1=O. The van der Waals surface area contributed by atoms with E-state index in [9.17, 15) is 14.4 Å². The lowest BCUT2D eigenvalue weighted by Gasteiger charge is -2.25. The molecule has 1 aliphatic rings. The Balaban J connectivity index is 2.32. The summed E-state index contributed by atoms with van der Waals surface area (Å²) in [7, 11) is 2.77. The third kappa shape index (κ3) is 2.00. The fourth-order valence-corrected chi connectivity index (χ4v) is 2.02. The summed E-state index contributed by atoms with van der Waals surface area (Å²) < 4.78 is 0. The lowest BCUT2D eigenvalue weighted by Crippen LogP contribution is -2.48. The maximum Gasteiger partial charge on any atom is 0.268 e. The van der Waals surface area contributed by atoms with Crippen molar-refractivity contribution in [2.45, 2.75) is 13.0 Å². The molecule has 19 heavy (non-hydrogen) atoms. The monoisotopic (exact) mass is 262 g/mol. The first-order valence-corrected chi connectivity index (χ1v) is 5.77. The van der Waals surface area contributed by atoms with Gasteiger partial charge in [-0.3, -0.25) is 24.1 Å². The highest BCUT2D eigenvalue weighted by Crippen LogP contribution is 2.24. The molecule has 0 saturated carbocycles. The van der Waals surface area contributed by atoms with Crippen molar-refractivity contribution < 1.29 is 19.2 Å². The molecule has 3 amide bonds. The number of carbonyl (C=O) groups is 3. The van der Waals surface area contributed by atoms with Gasteiger partial charge in [-0.15, -0.1) is 0 Å². The van der Waals surface area contributed by atoms with Gasteiger partial charge in [0.1, 0.15) is 6.04 Å². The summed E-state index contributed by atoms with van der Waals surface area (Å²) in [6, 6.07) is 5.61. The number of hydrogen-bond acceptors (Lipinski definition) is 4. The second-order valence-electron chi connectivity index (χ2n) is 4.22. The van der Waals surface area contributed by atoms with Crippen LogP contribution in [0.2, 0.25) is 0 Å². The first-order valence-electron chi connectivity index (χ1n) is 5.77. The van der Waals surface area contributed by atoms with Gasteiger partial charge >= 0.3 is 0 Å². The number of hydroxylamine groups is 2. The van der Waals surface area contributed by atoms with Gasteiger partial charge < -0.3 is 0 Å². The summed E-state index contributed by atoms with van der Waals surface area (Å²) in [6.07, 6.45) is 0. The van der Waals surface area contributed by atoms with Crippen LogP contribution in [0.3, 0.4) is 0 Å². The van der Waals surface area contributed by atoms with Crippen molar-refractivity contribution in [2.75, 3.05) is 14.2 Å². The fraction of sp³-hybridized carbons (Fsp3) is 0.308. The van der Waals surface area contributed by atoms with Gasteiger partial charge in [-0.25, -0.2) is 5.06 Å². The molecule has 1 heterocycles. The van der Waals surface area contributed by atoms with E-state index < -0.39 is 23.8 Å². The summed E-state index contributed by atoms with van der Waals surface area (Å²) in [6.45, 7) is 1.50. The molecule has 2 rings (SSSR count). The van der Waals surface area contributed by atoms with E-state index in [2.05, 4.69) is 0 Å². The molecule has 1 aromatic rings. The van der Waals surface area contributed by atoms with Crippen LogP contribution < -0.4 is 0 Å². The van der Waals surface area contributed by atoms with Crippen LogP contribution in [0.5, 0.6) is 0 Å². The summed E-state index contributed by atoms with van der Waals surface area (Å²) in [4.78, 5) is 42.0. The third-order valence-corrected chi connectivity index (χ3v) is 3.15. The third-order valence-electron chi connectivity index (χ3n) is 3.15. The van der Waals surface area contributed by atoms with Crippen LogP contribution in [-0.4, -0.2) is 47.9 Å². The molecular weight excluding hydrogens is 248 g/mol. The number of fused-ring (bicyclic) bond motifs is 1. The van der Waals surface area contributed by atoms with E-state index in [1.165, 1.54) is 21.1 Å². The van der Waals surface area contributed by atoms with Crippen LogP contribution in [0.25, 0.3) is 0 Å². The maximum atomic E-state index is 12.2. The zero-order chi connectivity index (χ0) is 14.2. The van der Waals surface area contributed by atoms with Crippen molar-refractivity contribution in [1.82, 2.24) is 9.96 Å². The highest BCUT2D eigenvalue weighted by molar-refractivity contribution is 6.22. The molecule has 0 aromatic heterocycles. The Hall–Kier alpha value is -2.21. The molecule has 6 nitrogen and oxygen atoms in total. The number of benzene rings is 1. The second kappa shape index (κ2) is 4.81. The van der Waals surface area contributed by atoms with Crippen LogP contribution >= 0.6 is 0 Å². The lowest BCUT2D eigenvalue weighted by atomic mass is 10.1. The summed E-state index contributed by atoms with van der Waals surface area (Å²) in [5, 5.41) is 0.994. The Morgan fingerprint density at radius 2 is 1.68 bits per heavy atom. The molecule has 1 aromatic carbocycles. The number of nitrogens with zero attached hydrogens (tertiary/aromatic N) is 2. The molecule has 0 aliphatic carbocycles. The van der Waals surface area contributed by atoms with Gasteiger partial charge in [-0.1, -0.05) is 12.1 Å². The Kier molecular flexibility index (Phi) is 3.35. The van der Waals surface area contributed by atoms with Gasteiger partial charge in [0, 0.05) is 7.05 Å². The Bertz CT molecular complexity index is 520. The standard InChI is InChI=1S/C13H14N2O4/c1-8(11(16)14(2)19-3)15-12(17)9-6-4-5-7-10(9)13(15)18/h4-8H,1-3H3/t8-/m1/s1. The number of amides is 3. The van der Waals surface area contributed by atoms with Crippen LogP contribution in [0, 0.1) is 0 Å². The number of hydrogen-bond donors (Lipinski definition) is 0. The van der Waals surface area contributed by atoms with E-state index in [0.717, 1.165) is 9.96 Å². The van der Waals surface area contributed by atoms with Crippen LogP contribution in [-0.2, 0) is 9.63 Å². The molecule has 1 atom stereocenters. The number of carbonyl (C=O) groups excluding carboxylic acids is 3. The first-order chi connectivity index (χ1) is 8.99. The quantitative estimate of drug-likeness (QED) is 0.594. The normalized spacial score (nSPS) is 15.4. The minimum absolute atomic E-state index is 0.326. The van der Waals surface area contributed by atoms with Gasteiger partial charge in [-0.05, 0) is 19.1 Å². The first kappa shape index (κ1) is 13.2. The molecule has 0 fully saturated rings. The minimum atomic E-state index is -0.905. The molecule has 0 radical (unpaired) electrons. The molecule has 0 unspecified atom stereocenters. The van der Waals surface area contributed by atoms with E-state index >= 15 is 0 Å². The summed E-state index contributed by atoms with van der Waals surface area (Å²) in [5.74, 6) is -1.37. The highest BCUT2D eigenvalue weighted by Gasteiger charge is 2.41. The minimum Gasteiger partial charge on any atom is -0.275 e. The van der Waals surface area contributed by atoms with Crippen molar-refractivity contribution in [3.05, 3.63) is 35.4 Å². The molecule has 0 bridgehead atoms. The van der Waals surface area contributed by atoms with Crippen molar-refractivity contribution in [3.8, 4) is 0 Å². The van der Waals surface area contributed by atoms with Gasteiger partial charge in [0.15, 0.2) is 0 Å². The van der Waals surface area contributed by atoms with E-state index in [1.54, 1.807) is 24.3 Å². The lowest BCUT2D eigenvalue weighted by molar-refractivity contribution is -0.172. The average Bonchev–Trinajstić information content (AvgIpc) is 2.69. The van der Waals surface area contributed by atoms with Gasteiger partial charge in [-0.2, -0.15) is 0 Å². The van der Waals surface area contributed by atoms with Crippen molar-refractivity contribution >= 4 is 17.7 Å². The van der Waals surface area contributed by atoms with Crippen LogP contribution in [0.4, 0.5) is 0 Å². The molecule has 0 saturated heterocycles. The molecule has 100 valence electrons. The van der Waals surface area contributed by atoms with Crippen molar-refractivity contribution in [3.63, 3.8) is 0 Å². The highest BCUT2D eigenvalue weighted by atomic mass is 16.7. The van der Waals surface area contributed by atoms with Gasteiger partial charge in [0.05, 0.1) is 18.2 Å². The van der Waals surface area contributed by atoms with Crippen LogP contribution in [0.15, 0.2) is 24.3 Å². The summed E-state index contributed by atoms with van der Waals surface area (Å²) >= 11 is 0. The second-order valence-corrected chi connectivity index (χ2v) is 4.22. The molecule has 6 heteroatoms. The Labute approximate surface area is 110 Å². The molecule has 0 spiro atoms. The van der Waals surface area contributed by atoms with Crippen molar-refractivity contribution in [2.24, 2.45) is 0 Å². The topological polar surface area (TPSA) is 66.9 Å². The van der Waals surface area contributed by atoms with Crippen molar-refractivity contribution in [1.29, 1.82) is 0 Å². The molecular formula is C13H14N2O4. The number of imide groups is 1. The molecule has 0 N–H and O–H groups in total. The predicted molar refractivity (Wildman–Crippen MR) is 66.2 cm³/mol. The van der Waals surface area contributed by atoms with E-state index in [-0.39, 0.29) is 0 Å². The zero-order valence-electron chi connectivity index (χ0n) is 10.9. The van der Waals surface area contributed by atoms with Gasteiger partial charge in [0.25, 0.3) is 17.7 Å². The van der Waals surface area contributed by atoms with E-state index in [1.807, 2.05) is 0 Å². The van der Waals surface area contributed by atoms with E-state index in [0.29, 0.717) is 11.1 Å². The van der Waals surface area contributed by atoms with Crippen LogP contribution in [0.1, 0.15) is 27.6 Å². The average molecular weight is 262 g/mol. The van der Waals surface area contributed by atoms with Gasteiger partial charge in [0.2, 0.25) is 0 Å². The largest absolute Gasteiger partial charge is 0.275 e. The smallest absolute Gasteiger partial charge is 0.268 e. The Morgan fingerprint density at radius 3 is 2.11 bits per heavy atom. The number of likely N-dealkylation sites (N-methyl/N-ethyl adjacent to an activating group) is 1. The van der Waals surface area contributed by atoms with E-state index in [4.69, 9.17) is 4.84 Å². The molecule has 1 aliphatic heterocycles. The zero-order valence-corrected chi connectivity index (χ0v) is 10.9. The maximum absolute atomic E-state index is 12.2. The Morgan fingerprint density at radius 1 is 1.21 bits per heavy atom. The summed E-state index contributed by atoms with van der Waals surface area (Å²) in [5.41, 5.74) is 0.652.